The van der Waals surface area contributed by atoms with Gasteiger partial charge < -0.3 is 14.6 Å². The highest BCUT2D eigenvalue weighted by Gasteiger charge is 2.51. The van der Waals surface area contributed by atoms with Gasteiger partial charge in [0.2, 0.25) is 0 Å². The SMILES string of the molecule is CC1(C)c2ccccc2/C=C(/C(=O)O)C(CC2CO2)(CC2CO2)c2ccccc21. The lowest BCUT2D eigenvalue weighted by Gasteiger charge is -2.42. The van der Waals surface area contributed by atoms with Gasteiger partial charge in [0.1, 0.15) is 0 Å². The average Bonchev–Trinajstić information content (AvgIpc) is 3.62. The fourth-order valence-electron chi connectivity index (χ4n) is 5.16. The molecule has 3 aliphatic rings. The molecular weight excluding hydrogens is 364 g/mol. The van der Waals surface area contributed by atoms with Crippen LogP contribution in [-0.2, 0) is 25.1 Å². The third kappa shape index (κ3) is 3.11. The molecule has 2 atom stereocenters. The van der Waals surface area contributed by atoms with Gasteiger partial charge in [-0.05, 0) is 41.2 Å². The van der Waals surface area contributed by atoms with Crippen LogP contribution in [0.4, 0.5) is 0 Å². The number of hydrogen-bond donors (Lipinski definition) is 1. The first-order valence-electron chi connectivity index (χ1n) is 10.3. The number of carboxylic acids is 1. The number of aliphatic carboxylic acids is 1. The van der Waals surface area contributed by atoms with E-state index in [1.54, 1.807) is 0 Å². The summed E-state index contributed by atoms with van der Waals surface area (Å²) in [7, 11) is 0. The minimum atomic E-state index is -0.865. The smallest absolute Gasteiger partial charge is 0.332 e. The average molecular weight is 390 g/mol. The molecule has 0 amide bonds. The van der Waals surface area contributed by atoms with E-state index in [9.17, 15) is 9.90 Å². The van der Waals surface area contributed by atoms with Gasteiger partial charge in [-0.25, -0.2) is 4.79 Å². The first-order valence-corrected chi connectivity index (χ1v) is 10.3. The van der Waals surface area contributed by atoms with Crippen molar-refractivity contribution in [1.29, 1.82) is 0 Å². The summed E-state index contributed by atoms with van der Waals surface area (Å²) in [4.78, 5) is 12.7. The molecule has 2 aliphatic heterocycles. The highest BCUT2D eigenvalue weighted by Crippen LogP contribution is 2.52. The molecular formula is C25H26O4. The van der Waals surface area contributed by atoms with Gasteiger partial charge in [-0.3, -0.25) is 0 Å². The summed E-state index contributed by atoms with van der Waals surface area (Å²) < 4.78 is 11.2. The van der Waals surface area contributed by atoms with Crippen molar-refractivity contribution in [3.8, 4) is 0 Å². The van der Waals surface area contributed by atoms with Crippen molar-refractivity contribution in [3.05, 3.63) is 76.4 Å². The monoisotopic (exact) mass is 390 g/mol. The molecule has 2 aromatic rings. The van der Waals surface area contributed by atoms with Gasteiger partial charge in [-0.1, -0.05) is 62.4 Å². The molecule has 29 heavy (non-hydrogen) atoms. The minimum absolute atomic E-state index is 0.0994. The lowest BCUT2D eigenvalue weighted by molar-refractivity contribution is -0.133. The Morgan fingerprint density at radius 3 is 2.00 bits per heavy atom. The zero-order valence-electron chi connectivity index (χ0n) is 16.9. The molecule has 4 nitrogen and oxygen atoms in total. The molecule has 5 rings (SSSR count). The maximum absolute atomic E-state index is 12.7. The van der Waals surface area contributed by atoms with Crippen LogP contribution in [0.25, 0.3) is 6.08 Å². The number of rotatable bonds is 5. The number of epoxide rings is 2. The molecule has 1 aliphatic carbocycles. The Morgan fingerprint density at radius 1 is 0.931 bits per heavy atom. The van der Waals surface area contributed by atoms with Crippen LogP contribution >= 0.6 is 0 Å². The van der Waals surface area contributed by atoms with Gasteiger partial charge in [0.05, 0.1) is 25.4 Å². The zero-order chi connectivity index (χ0) is 20.2. The first kappa shape index (κ1) is 18.6. The molecule has 2 unspecified atom stereocenters. The fraction of sp³-hybridized carbons (Fsp3) is 0.400. The van der Waals surface area contributed by atoms with E-state index in [0.717, 1.165) is 16.7 Å². The predicted octanol–water partition coefficient (Wildman–Crippen LogP) is 4.31. The summed E-state index contributed by atoms with van der Waals surface area (Å²) in [6.07, 6.45) is 3.44. The molecule has 150 valence electrons. The molecule has 4 heteroatoms. The number of ether oxygens (including phenoxy) is 2. The van der Waals surface area contributed by atoms with Crippen molar-refractivity contribution in [2.75, 3.05) is 13.2 Å². The molecule has 0 bridgehead atoms. The van der Waals surface area contributed by atoms with Gasteiger partial charge in [0.25, 0.3) is 0 Å². The second kappa shape index (κ2) is 6.54. The van der Waals surface area contributed by atoms with Gasteiger partial charge in [-0.15, -0.1) is 0 Å². The van der Waals surface area contributed by atoms with E-state index < -0.39 is 11.4 Å². The Bertz CT molecular complexity index is 981. The van der Waals surface area contributed by atoms with E-state index in [2.05, 4.69) is 38.1 Å². The van der Waals surface area contributed by atoms with Crippen LogP contribution in [0.5, 0.6) is 0 Å². The Morgan fingerprint density at radius 2 is 1.45 bits per heavy atom. The van der Waals surface area contributed by atoms with E-state index in [4.69, 9.17) is 9.47 Å². The third-order valence-corrected chi connectivity index (χ3v) is 6.75. The molecule has 2 heterocycles. The molecule has 1 N–H and O–H groups in total. The van der Waals surface area contributed by atoms with Crippen molar-refractivity contribution in [2.24, 2.45) is 0 Å². The number of benzene rings is 2. The molecule has 2 fully saturated rings. The maximum atomic E-state index is 12.7. The second-order valence-electron chi connectivity index (χ2n) is 9.02. The normalized spacial score (nSPS) is 30.8. The van der Waals surface area contributed by atoms with E-state index in [1.165, 1.54) is 5.56 Å². The summed E-state index contributed by atoms with van der Waals surface area (Å²) in [5.74, 6) is -0.865. The van der Waals surface area contributed by atoms with Gasteiger partial charge >= 0.3 is 5.97 Å². The van der Waals surface area contributed by atoms with Crippen LogP contribution in [0.1, 0.15) is 48.9 Å². The number of carboxylic acid groups (broad SMARTS) is 1. The Hall–Kier alpha value is -2.43. The topological polar surface area (TPSA) is 62.4 Å². The van der Waals surface area contributed by atoms with Crippen LogP contribution in [-0.4, -0.2) is 36.5 Å². The first-order chi connectivity index (χ1) is 13.9. The van der Waals surface area contributed by atoms with Crippen molar-refractivity contribution in [3.63, 3.8) is 0 Å². The standard InChI is InChI=1S/C25H26O4/c1-24(2)19-8-4-3-7-16(19)11-22(23(26)27)25(12-17-14-28-17,13-18-15-29-18)21-10-6-5-9-20(21)24/h3-11,17-18H,12-15H2,1-2H3,(H,26,27)/b22-11-. The summed E-state index contributed by atoms with van der Waals surface area (Å²) >= 11 is 0. The van der Waals surface area contributed by atoms with Crippen molar-refractivity contribution < 1.29 is 19.4 Å². The quantitative estimate of drug-likeness (QED) is 0.773. The summed E-state index contributed by atoms with van der Waals surface area (Å²) in [6.45, 7) is 5.86. The summed E-state index contributed by atoms with van der Waals surface area (Å²) in [5.41, 5.74) is 3.94. The third-order valence-electron chi connectivity index (χ3n) is 6.75. The Balaban J connectivity index is 1.86. The predicted molar refractivity (Wildman–Crippen MR) is 111 cm³/mol. The number of fused-ring (bicyclic) bond motifs is 2. The lowest BCUT2D eigenvalue weighted by atomic mass is 9.60. The highest BCUT2D eigenvalue weighted by molar-refractivity contribution is 5.96. The Labute approximate surface area is 171 Å². The van der Waals surface area contributed by atoms with Gasteiger partial charge in [-0.2, -0.15) is 0 Å². The van der Waals surface area contributed by atoms with E-state index >= 15 is 0 Å². The lowest BCUT2D eigenvalue weighted by Crippen LogP contribution is -2.40. The van der Waals surface area contributed by atoms with E-state index in [-0.39, 0.29) is 17.6 Å². The van der Waals surface area contributed by atoms with Crippen molar-refractivity contribution in [1.82, 2.24) is 0 Å². The van der Waals surface area contributed by atoms with Crippen LogP contribution in [0.3, 0.4) is 0 Å². The molecule has 2 aromatic carbocycles. The molecule has 0 radical (unpaired) electrons. The van der Waals surface area contributed by atoms with E-state index in [1.807, 2.05) is 30.3 Å². The maximum Gasteiger partial charge on any atom is 0.332 e. The largest absolute Gasteiger partial charge is 0.478 e. The fourth-order valence-corrected chi connectivity index (χ4v) is 5.16. The number of carbonyl (C=O) groups is 1. The highest BCUT2D eigenvalue weighted by atomic mass is 16.6. The molecule has 2 saturated heterocycles. The van der Waals surface area contributed by atoms with Gasteiger partial charge in [0, 0.05) is 16.4 Å². The van der Waals surface area contributed by atoms with Crippen LogP contribution in [0, 0.1) is 0 Å². The second-order valence-corrected chi connectivity index (χ2v) is 9.02. The van der Waals surface area contributed by atoms with Crippen molar-refractivity contribution >= 4 is 12.0 Å². The zero-order valence-corrected chi connectivity index (χ0v) is 16.9. The van der Waals surface area contributed by atoms with Crippen LogP contribution in [0.15, 0.2) is 54.1 Å². The van der Waals surface area contributed by atoms with Crippen LogP contribution in [0.2, 0.25) is 0 Å². The summed E-state index contributed by atoms with van der Waals surface area (Å²) in [5, 5.41) is 10.4. The van der Waals surface area contributed by atoms with Gasteiger partial charge in [0.15, 0.2) is 0 Å². The van der Waals surface area contributed by atoms with E-state index in [0.29, 0.717) is 31.6 Å². The molecule has 0 spiro atoms. The molecule has 0 aromatic heterocycles. The Kier molecular flexibility index (Phi) is 4.19. The van der Waals surface area contributed by atoms with Crippen LogP contribution < -0.4 is 0 Å². The summed E-state index contributed by atoms with van der Waals surface area (Å²) in [6, 6.07) is 16.5. The van der Waals surface area contributed by atoms with Crippen molar-refractivity contribution in [2.45, 2.75) is 49.7 Å². The molecule has 0 saturated carbocycles. The minimum Gasteiger partial charge on any atom is -0.478 e. The number of hydrogen-bond acceptors (Lipinski definition) is 3.